The van der Waals surface area contributed by atoms with Crippen LogP contribution in [0.2, 0.25) is 0 Å². The number of aromatic nitrogens is 2. The summed E-state index contributed by atoms with van der Waals surface area (Å²) in [7, 11) is 0. The fraction of sp³-hybridized carbons (Fsp3) is 0. The van der Waals surface area contributed by atoms with Crippen molar-refractivity contribution < 1.29 is 0 Å². The monoisotopic (exact) mass is 653 g/mol. The number of anilines is 1. The Balaban J connectivity index is 1.23. The number of hydrogen-bond acceptors (Lipinski definition) is 5. The van der Waals surface area contributed by atoms with Gasteiger partial charge in [0.15, 0.2) is 0 Å². The van der Waals surface area contributed by atoms with Crippen LogP contribution in [0.25, 0.3) is 60.5 Å². The minimum atomic E-state index is 0.368. The van der Waals surface area contributed by atoms with Gasteiger partial charge in [0.2, 0.25) is 0 Å². The molecule has 2 heterocycles. The van der Waals surface area contributed by atoms with Gasteiger partial charge >= 0.3 is 0 Å². The third kappa shape index (κ3) is 5.47. The van der Waals surface area contributed by atoms with Gasteiger partial charge in [-0.3, -0.25) is 20.8 Å². The molecule has 0 unspecified atom stereocenters. The van der Waals surface area contributed by atoms with Crippen LogP contribution in [0.4, 0.5) is 5.69 Å². The molecular weight excluding hydrogens is 623 g/mol. The fourth-order valence-corrected chi connectivity index (χ4v) is 7.21. The van der Waals surface area contributed by atoms with Crippen LogP contribution in [-0.4, -0.2) is 21.4 Å². The van der Waals surface area contributed by atoms with Crippen molar-refractivity contribution >= 4 is 44.2 Å². The highest BCUT2D eigenvalue weighted by molar-refractivity contribution is 6.54. The minimum Gasteiger partial charge on any atom is -0.298 e. The summed E-state index contributed by atoms with van der Waals surface area (Å²) in [6.45, 7) is 0. The standard InChI is InChI=1S/C46H31N5/c47-46-41-21-9-4-16-36(41)42(45-39-19-7-5-17-37(39)44(30-12-2-1-3-13-30)38-18-6-8-20-40(38)45)27-43(46)51-50-35-25-33(31-14-10-22-48-28-31)24-34(26-35)32-15-11-23-49-29-32/h1-29,47,50H. The number of fused-ring (bicyclic) bond motifs is 3. The summed E-state index contributed by atoms with van der Waals surface area (Å²) in [5, 5.41) is 19.0. The van der Waals surface area contributed by atoms with Crippen molar-refractivity contribution in [3.8, 4) is 33.4 Å². The average Bonchev–Trinajstić information content (AvgIpc) is 3.21. The van der Waals surface area contributed by atoms with Crippen LogP contribution in [0.5, 0.6) is 0 Å². The van der Waals surface area contributed by atoms with E-state index in [2.05, 4.69) is 125 Å². The van der Waals surface area contributed by atoms with Crippen LogP contribution in [0.15, 0.2) is 182 Å². The molecule has 9 rings (SSSR count). The molecule has 0 fully saturated rings. The van der Waals surface area contributed by atoms with Crippen molar-refractivity contribution in [1.82, 2.24) is 9.97 Å². The second-order valence-corrected chi connectivity index (χ2v) is 12.6. The predicted molar refractivity (Wildman–Crippen MR) is 211 cm³/mol. The van der Waals surface area contributed by atoms with Crippen LogP contribution < -0.4 is 5.43 Å². The first-order valence-electron chi connectivity index (χ1n) is 16.9. The maximum atomic E-state index is 9.34. The first kappa shape index (κ1) is 30.1. The van der Waals surface area contributed by atoms with Crippen LogP contribution in [0.1, 0.15) is 16.7 Å². The average molecular weight is 654 g/mol. The van der Waals surface area contributed by atoms with E-state index in [-0.39, 0.29) is 0 Å². The normalized spacial score (nSPS) is 13.3. The summed E-state index contributed by atoms with van der Waals surface area (Å²) in [5.41, 5.74) is 15.5. The third-order valence-electron chi connectivity index (χ3n) is 9.52. The van der Waals surface area contributed by atoms with Crippen molar-refractivity contribution in [2.24, 2.45) is 5.10 Å². The number of nitrogens with one attached hydrogen (secondary N) is 2. The van der Waals surface area contributed by atoms with Gasteiger partial charge in [0.05, 0.1) is 11.4 Å². The van der Waals surface area contributed by atoms with Crippen molar-refractivity contribution in [3.63, 3.8) is 0 Å². The Morgan fingerprint density at radius 1 is 0.471 bits per heavy atom. The lowest BCUT2D eigenvalue weighted by molar-refractivity contribution is 1.31. The number of pyridine rings is 2. The van der Waals surface area contributed by atoms with E-state index < -0.39 is 0 Å². The summed E-state index contributed by atoms with van der Waals surface area (Å²) in [4.78, 5) is 8.70. The van der Waals surface area contributed by atoms with E-state index in [1.165, 1.54) is 21.9 Å². The Bertz CT molecular complexity index is 2550. The van der Waals surface area contributed by atoms with Gasteiger partial charge in [0.25, 0.3) is 0 Å². The molecule has 0 aliphatic heterocycles. The van der Waals surface area contributed by atoms with Crippen molar-refractivity contribution in [2.75, 3.05) is 5.43 Å². The summed E-state index contributed by atoms with van der Waals surface area (Å²) in [6, 6.07) is 50.4. The fourth-order valence-electron chi connectivity index (χ4n) is 7.21. The molecule has 5 heteroatoms. The van der Waals surface area contributed by atoms with Crippen LogP contribution >= 0.6 is 0 Å². The second kappa shape index (κ2) is 12.8. The van der Waals surface area contributed by atoms with E-state index in [9.17, 15) is 5.41 Å². The molecular formula is C46H31N5. The molecule has 2 aromatic heterocycles. The largest absolute Gasteiger partial charge is 0.298 e. The molecule has 240 valence electrons. The molecule has 1 aliphatic carbocycles. The minimum absolute atomic E-state index is 0.368. The van der Waals surface area contributed by atoms with E-state index in [0.29, 0.717) is 11.4 Å². The van der Waals surface area contributed by atoms with E-state index in [0.717, 1.165) is 61.0 Å². The highest BCUT2D eigenvalue weighted by Crippen LogP contribution is 2.44. The molecule has 1 aliphatic rings. The number of allylic oxidation sites excluding steroid dienone is 1. The molecule has 0 atom stereocenters. The van der Waals surface area contributed by atoms with Crippen LogP contribution in [0.3, 0.4) is 0 Å². The number of hydrazone groups is 1. The van der Waals surface area contributed by atoms with Crippen molar-refractivity contribution in [2.45, 2.75) is 0 Å². The number of nitrogens with zero attached hydrogens (tertiary/aromatic N) is 3. The predicted octanol–water partition coefficient (Wildman–Crippen LogP) is 11.1. The summed E-state index contributed by atoms with van der Waals surface area (Å²) in [6.07, 6.45) is 9.34. The first-order chi connectivity index (χ1) is 25.2. The van der Waals surface area contributed by atoms with Crippen molar-refractivity contribution in [1.29, 1.82) is 5.41 Å². The zero-order chi connectivity index (χ0) is 34.1. The van der Waals surface area contributed by atoms with Gasteiger partial charge in [0.1, 0.15) is 5.71 Å². The second-order valence-electron chi connectivity index (χ2n) is 12.6. The van der Waals surface area contributed by atoms with Gasteiger partial charge in [-0.25, -0.2) is 0 Å². The molecule has 0 spiro atoms. The zero-order valence-corrected chi connectivity index (χ0v) is 27.6. The lowest BCUT2D eigenvalue weighted by atomic mass is 9.79. The molecule has 0 radical (unpaired) electrons. The Kier molecular flexibility index (Phi) is 7.56. The van der Waals surface area contributed by atoms with Gasteiger partial charge in [0, 0.05) is 41.5 Å². The lowest BCUT2D eigenvalue weighted by Crippen LogP contribution is -2.21. The summed E-state index contributed by atoms with van der Waals surface area (Å²) >= 11 is 0. The van der Waals surface area contributed by atoms with E-state index in [1.807, 2.05) is 54.9 Å². The van der Waals surface area contributed by atoms with Gasteiger partial charge in [-0.05, 0) is 96.9 Å². The van der Waals surface area contributed by atoms with E-state index in [4.69, 9.17) is 5.10 Å². The van der Waals surface area contributed by atoms with Gasteiger partial charge in [-0.2, -0.15) is 5.10 Å². The summed E-state index contributed by atoms with van der Waals surface area (Å²) in [5.74, 6) is 0. The Labute approximate surface area is 295 Å². The van der Waals surface area contributed by atoms with Crippen LogP contribution in [-0.2, 0) is 0 Å². The Morgan fingerprint density at radius 3 is 1.55 bits per heavy atom. The van der Waals surface area contributed by atoms with Gasteiger partial charge in [-0.1, -0.05) is 115 Å². The molecule has 51 heavy (non-hydrogen) atoms. The van der Waals surface area contributed by atoms with Gasteiger partial charge in [-0.15, -0.1) is 0 Å². The highest BCUT2D eigenvalue weighted by atomic mass is 15.3. The molecule has 8 aromatic rings. The Morgan fingerprint density at radius 2 is 0.980 bits per heavy atom. The maximum Gasteiger partial charge on any atom is 0.109 e. The third-order valence-corrected chi connectivity index (χ3v) is 9.52. The van der Waals surface area contributed by atoms with Crippen LogP contribution in [0, 0.1) is 5.41 Å². The quantitative estimate of drug-likeness (QED) is 0.139. The zero-order valence-electron chi connectivity index (χ0n) is 27.6. The SMILES string of the molecule is N=C1C(=NNc2cc(-c3cccnc3)cc(-c3cccnc3)c2)C=C(c2c3ccccc3c(-c3ccccc3)c3ccccc23)c2ccccc21. The lowest BCUT2D eigenvalue weighted by Gasteiger charge is -2.24. The molecule has 0 saturated heterocycles. The van der Waals surface area contributed by atoms with Crippen molar-refractivity contribution in [3.05, 3.63) is 193 Å². The molecule has 6 aromatic carbocycles. The smallest absolute Gasteiger partial charge is 0.109 e. The van der Waals surface area contributed by atoms with E-state index >= 15 is 0 Å². The first-order valence-corrected chi connectivity index (χ1v) is 16.9. The number of rotatable bonds is 6. The molecule has 5 nitrogen and oxygen atoms in total. The number of benzene rings is 6. The number of hydrogen-bond donors (Lipinski definition) is 2. The Hall–Kier alpha value is -6.98. The maximum absolute atomic E-state index is 9.34. The molecule has 2 N–H and O–H groups in total. The topological polar surface area (TPSA) is 74.0 Å². The highest BCUT2D eigenvalue weighted by Gasteiger charge is 2.26. The van der Waals surface area contributed by atoms with E-state index in [1.54, 1.807) is 12.4 Å². The molecule has 0 saturated carbocycles. The molecule has 0 bridgehead atoms. The summed E-state index contributed by atoms with van der Waals surface area (Å²) < 4.78 is 0. The van der Waals surface area contributed by atoms with Gasteiger partial charge < -0.3 is 0 Å². The molecule has 0 amide bonds.